The van der Waals surface area contributed by atoms with Crippen LogP contribution in [0.4, 0.5) is 11.4 Å². The lowest BCUT2D eigenvalue weighted by molar-refractivity contribution is -0.118. The maximum atomic E-state index is 12.0. The second kappa shape index (κ2) is 10.9. The summed E-state index contributed by atoms with van der Waals surface area (Å²) in [6.07, 6.45) is 1.63. The molecule has 0 atom stereocenters. The Hall–Kier alpha value is -3.42. The number of anilines is 2. The van der Waals surface area contributed by atoms with Gasteiger partial charge < -0.3 is 15.4 Å². The number of nitrogens with one attached hydrogen (secondary N) is 3. The van der Waals surface area contributed by atoms with E-state index in [4.69, 9.17) is 28.6 Å². The van der Waals surface area contributed by atoms with Gasteiger partial charge in [-0.2, -0.15) is 5.10 Å². The van der Waals surface area contributed by atoms with Crippen LogP contribution in [-0.4, -0.2) is 23.8 Å². The quantitative estimate of drug-likeness (QED) is 0.284. The SMILES string of the molecule is O=C(COc1ccc(/C=N\NC(=S)Nc2ccccc2)cc1)Nc1cccc(Cl)c1. The summed E-state index contributed by atoms with van der Waals surface area (Å²) < 4.78 is 5.50. The van der Waals surface area contributed by atoms with Crippen LogP contribution in [0.2, 0.25) is 5.02 Å². The molecule has 0 radical (unpaired) electrons. The number of ether oxygens (including phenoxy) is 1. The molecule has 0 aliphatic rings. The van der Waals surface area contributed by atoms with Crippen LogP contribution in [0, 0.1) is 0 Å². The number of halogens is 1. The van der Waals surface area contributed by atoms with Gasteiger partial charge in [-0.05, 0) is 72.4 Å². The molecule has 0 bridgehead atoms. The first-order valence-electron chi connectivity index (χ1n) is 9.02. The summed E-state index contributed by atoms with van der Waals surface area (Å²) in [5.74, 6) is 0.300. The maximum Gasteiger partial charge on any atom is 0.262 e. The largest absolute Gasteiger partial charge is 0.484 e. The number of amides is 1. The van der Waals surface area contributed by atoms with E-state index >= 15 is 0 Å². The Morgan fingerprint density at radius 3 is 2.43 bits per heavy atom. The molecule has 3 N–H and O–H groups in total. The van der Waals surface area contributed by atoms with E-state index in [2.05, 4.69) is 21.2 Å². The number of carbonyl (C=O) groups excluding carboxylic acids is 1. The van der Waals surface area contributed by atoms with Gasteiger partial charge in [0.25, 0.3) is 5.91 Å². The normalized spacial score (nSPS) is 10.4. The predicted octanol–water partition coefficient (Wildman–Crippen LogP) is 4.68. The van der Waals surface area contributed by atoms with Crippen molar-refractivity contribution in [2.45, 2.75) is 0 Å². The second-order valence-corrected chi connectivity index (χ2v) is 6.95. The van der Waals surface area contributed by atoms with Gasteiger partial charge in [0, 0.05) is 16.4 Å². The average molecular weight is 439 g/mol. The van der Waals surface area contributed by atoms with Crippen LogP contribution in [-0.2, 0) is 4.79 Å². The fourth-order valence-corrected chi connectivity index (χ4v) is 2.77. The molecule has 0 aliphatic heterocycles. The topological polar surface area (TPSA) is 74.8 Å². The maximum absolute atomic E-state index is 12.0. The van der Waals surface area contributed by atoms with Crippen LogP contribution in [0.15, 0.2) is 84.0 Å². The minimum Gasteiger partial charge on any atom is -0.484 e. The summed E-state index contributed by atoms with van der Waals surface area (Å²) in [4.78, 5) is 12.0. The van der Waals surface area contributed by atoms with Crippen molar-refractivity contribution in [1.29, 1.82) is 0 Å². The average Bonchev–Trinajstić information content (AvgIpc) is 2.74. The first-order chi connectivity index (χ1) is 14.6. The lowest BCUT2D eigenvalue weighted by Crippen LogP contribution is -2.23. The molecule has 0 fully saturated rings. The summed E-state index contributed by atoms with van der Waals surface area (Å²) in [7, 11) is 0. The van der Waals surface area contributed by atoms with Gasteiger partial charge in [-0.1, -0.05) is 35.9 Å². The molecule has 0 aliphatic carbocycles. The highest BCUT2D eigenvalue weighted by atomic mass is 35.5. The van der Waals surface area contributed by atoms with Crippen LogP contribution < -0.4 is 20.8 Å². The summed E-state index contributed by atoms with van der Waals surface area (Å²) in [5.41, 5.74) is 5.11. The third-order valence-electron chi connectivity index (χ3n) is 3.77. The van der Waals surface area contributed by atoms with E-state index in [1.54, 1.807) is 42.6 Å². The van der Waals surface area contributed by atoms with Crippen LogP contribution in [0.3, 0.4) is 0 Å². The molecule has 6 nitrogen and oxygen atoms in total. The molecule has 0 aromatic heterocycles. The Morgan fingerprint density at radius 1 is 0.967 bits per heavy atom. The smallest absolute Gasteiger partial charge is 0.262 e. The lowest BCUT2D eigenvalue weighted by Gasteiger charge is -2.08. The fourth-order valence-electron chi connectivity index (χ4n) is 2.41. The Labute approximate surface area is 184 Å². The number of hydrogen-bond acceptors (Lipinski definition) is 4. The summed E-state index contributed by atoms with van der Waals surface area (Å²) in [6, 6.07) is 23.7. The Bertz CT molecular complexity index is 1030. The van der Waals surface area contributed by atoms with Gasteiger partial charge in [0.05, 0.1) is 6.21 Å². The third kappa shape index (κ3) is 7.20. The van der Waals surface area contributed by atoms with E-state index in [9.17, 15) is 4.79 Å². The molecule has 8 heteroatoms. The van der Waals surface area contributed by atoms with Crippen LogP contribution >= 0.6 is 23.8 Å². The zero-order valence-corrected chi connectivity index (χ0v) is 17.4. The van der Waals surface area contributed by atoms with Crippen molar-refractivity contribution >= 4 is 52.4 Å². The molecular formula is C22H19ClN4O2S. The van der Waals surface area contributed by atoms with E-state index in [-0.39, 0.29) is 12.5 Å². The zero-order chi connectivity index (χ0) is 21.2. The van der Waals surface area contributed by atoms with Gasteiger partial charge in [-0.3, -0.25) is 10.2 Å². The number of hydrogen-bond donors (Lipinski definition) is 3. The molecule has 152 valence electrons. The zero-order valence-electron chi connectivity index (χ0n) is 15.8. The fraction of sp³-hybridized carbons (Fsp3) is 0.0455. The van der Waals surface area contributed by atoms with E-state index < -0.39 is 0 Å². The number of benzene rings is 3. The molecule has 0 saturated carbocycles. The highest BCUT2D eigenvalue weighted by Crippen LogP contribution is 2.15. The summed E-state index contributed by atoms with van der Waals surface area (Å²) >= 11 is 11.1. The van der Waals surface area contributed by atoms with Crippen molar-refractivity contribution in [3.8, 4) is 5.75 Å². The Balaban J connectivity index is 1.42. The van der Waals surface area contributed by atoms with Crippen molar-refractivity contribution in [2.75, 3.05) is 17.2 Å². The van der Waals surface area contributed by atoms with E-state index in [1.165, 1.54) is 0 Å². The molecule has 3 aromatic carbocycles. The lowest BCUT2D eigenvalue weighted by atomic mass is 10.2. The molecule has 1 amide bonds. The first-order valence-corrected chi connectivity index (χ1v) is 9.80. The second-order valence-electron chi connectivity index (χ2n) is 6.11. The Kier molecular flexibility index (Phi) is 7.77. The van der Waals surface area contributed by atoms with Gasteiger partial charge in [-0.25, -0.2) is 0 Å². The standard InChI is InChI=1S/C22H19ClN4O2S/c23-17-5-4-8-19(13-17)25-21(28)15-29-20-11-9-16(10-12-20)14-24-27-22(30)26-18-6-2-1-3-7-18/h1-14H,15H2,(H,25,28)(H2,26,27,30)/b24-14-. The van der Waals surface area contributed by atoms with E-state index in [1.807, 2.05) is 42.5 Å². The van der Waals surface area contributed by atoms with Gasteiger partial charge in [-0.15, -0.1) is 0 Å². The highest BCUT2D eigenvalue weighted by Gasteiger charge is 2.04. The molecule has 0 saturated heterocycles. The van der Waals surface area contributed by atoms with E-state index in [0.717, 1.165) is 11.3 Å². The molecular weight excluding hydrogens is 420 g/mol. The van der Waals surface area contributed by atoms with Crippen molar-refractivity contribution in [3.05, 3.63) is 89.4 Å². The van der Waals surface area contributed by atoms with Gasteiger partial charge in [0.1, 0.15) is 5.75 Å². The van der Waals surface area contributed by atoms with Crippen molar-refractivity contribution in [3.63, 3.8) is 0 Å². The summed E-state index contributed by atoms with van der Waals surface area (Å²) in [5, 5.41) is 10.8. The number of para-hydroxylation sites is 1. The van der Waals surface area contributed by atoms with Crippen molar-refractivity contribution in [2.24, 2.45) is 5.10 Å². The number of carbonyl (C=O) groups is 1. The molecule has 3 rings (SSSR count). The van der Waals surface area contributed by atoms with Gasteiger partial charge >= 0.3 is 0 Å². The van der Waals surface area contributed by atoms with Crippen molar-refractivity contribution < 1.29 is 9.53 Å². The predicted molar refractivity (Wildman–Crippen MR) is 125 cm³/mol. The monoisotopic (exact) mass is 438 g/mol. The van der Waals surface area contributed by atoms with E-state index in [0.29, 0.717) is 21.6 Å². The number of hydrazone groups is 1. The number of nitrogens with zero attached hydrogens (tertiary/aromatic N) is 1. The molecule has 0 spiro atoms. The molecule has 0 unspecified atom stereocenters. The summed E-state index contributed by atoms with van der Waals surface area (Å²) in [6.45, 7) is -0.110. The number of rotatable bonds is 7. The molecule has 3 aromatic rings. The van der Waals surface area contributed by atoms with Crippen molar-refractivity contribution in [1.82, 2.24) is 5.43 Å². The minimum atomic E-state index is -0.272. The number of thiocarbonyl (C=S) groups is 1. The third-order valence-corrected chi connectivity index (χ3v) is 4.20. The molecule has 30 heavy (non-hydrogen) atoms. The minimum absolute atomic E-state index is 0.110. The van der Waals surface area contributed by atoms with Gasteiger partial charge in [0.15, 0.2) is 11.7 Å². The van der Waals surface area contributed by atoms with Crippen LogP contribution in [0.25, 0.3) is 0 Å². The highest BCUT2D eigenvalue weighted by molar-refractivity contribution is 7.80. The Morgan fingerprint density at radius 2 is 1.70 bits per heavy atom. The van der Waals surface area contributed by atoms with Gasteiger partial charge in [0.2, 0.25) is 0 Å². The van der Waals surface area contributed by atoms with Crippen LogP contribution in [0.5, 0.6) is 5.75 Å². The van der Waals surface area contributed by atoms with Crippen LogP contribution in [0.1, 0.15) is 5.56 Å². The first kappa shape index (κ1) is 21.3. The molecule has 0 heterocycles.